The maximum atomic E-state index is 3.00. The molecule has 0 spiro atoms. The van der Waals surface area contributed by atoms with Crippen LogP contribution in [0.25, 0.3) is 0 Å². The highest BCUT2D eigenvalue weighted by Gasteiger charge is 1.58. The van der Waals surface area contributed by atoms with E-state index in [2.05, 4.69) is 15.5 Å². The minimum absolute atomic E-state index is 0. The zero-order valence-corrected chi connectivity index (χ0v) is 5.44. The average Bonchev–Trinajstić information content (AvgIpc) is 1.41. The smallest absolute Gasteiger partial charge is 0.0379 e. The fraction of sp³-hybridized carbons (Fsp3) is 1.00. The van der Waals surface area contributed by atoms with E-state index in [4.69, 9.17) is 0 Å². The molecule has 11 heavy (non-hydrogen) atoms. The third-order valence-corrected chi connectivity index (χ3v) is 0. The summed E-state index contributed by atoms with van der Waals surface area (Å²) in [4.78, 5) is 2.00. The molecule has 5 radical (unpaired) electrons. The van der Waals surface area contributed by atoms with Gasteiger partial charge in [-0.25, -0.2) is 0 Å². The van der Waals surface area contributed by atoms with Gasteiger partial charge in [-0.1, -0.05) is 29.7 Å². The van der Waals surface area contributed by atoms with E-state index in [0.29, 0.717) is 0 Å². The van der Waals surface area contributed by atoms with Crippen LogP contribution in [0, 0.1) is 0 Å². The van der Waals surface area contributed by atoms with E-state index in [1.807, 2.05) is 26.0 Å². The van der Waals surface area contributed by atoms with Crippen LogP contribution in [0.4, 0.5) is 0 Å². The van der Waals surface area contributed by atoms with Gasteiger partial charge in [0, 0.05) is 23.9 Å². The Morgan fingerprint density at radius 2 is 0.727 bits per heavy atom. The highest BCUT2D eigenvalue weighted by molar-refractivity contribution is 6.75. The van der Waals surface area contributed by atoms with Crippen molar-refractivity contribution >= 4 is 23.9 Å². The minimum Gasteiger partial charge on any atom is -0.312 e. The first-order chi connectivity index (χ1) is 2.73. The summed E-state index contributed by atoms with van der Waals surface area (Å²) in [7, 11) is 12.0. The van der Waals surface area contributed by atoms with Gasteiger partial charge >= 0.3 is 0 Å². The van der Waals surface area contributed by atoms with Crippen LogP contribution in [0.15, 0.2) is 0 Å². The van der Waals surface area contributed by atoms with E-state index >= 15 is 0 Å². The molecule has 0 rings (SSSR count). The van der Waals surface area contributed by atoms with E-state index in [-0.39, 0.29) is 38.1 Å². The molecule has 0 unspecified atom stereocenters. The van der Waals surface area contributed by atoms with Gasteiger partial charge in [0.15, 0.2) is 0 Å². The Labute approximate surface area is 80.3 Å². The van der Waals surface area contributed by atoms with Gasteiger partial charge in [-0.3, -0.25) is 0 Å². The molecule has 0 saturated carbocycles. The monoisotopic (exact) mass is 158 g/mol. The van der Waals surface area contributed by atoms with Crippen LogP contribution in [-0.2, 0) is 0 Å². The lowest BCUT2D eigenvalue weighted by Gasteiger charge is -1.90. The quantitative estimate of drug-likeness (QED) is 0.476. The molecular weight excluding hydrogens is 131 g/mol. The predicted molar refractivity (Wildman–Crippen MR) is 66.6 cm³/mol. The summed E-state index contributed by atoms with van der Waals surface area (Å²) in [6.07, 6.45) is 0. The molecule has 0 fully saturated rings. The van der Waals surface area contributed by atoms with Crippen molar-refractivity contribution in [1.29, 1.82) is 0 Å². The normalized spacial score (nSPS) is 3.64. The molecule has 0 bridgehead atoms. The fourth-order valence-corrected chi connectivity index (χ4v) is 0. The van der Waals surface area contributed by atoms with E-state index in [0.717, 1.165) is 0 Å². The van der Waals surface area contributed by atoms with Gasteiger partial charge in [0.1, 0.15) is 0 Å². The maximum absolute atomic E-state index is 3.00. The molecule has 0 aromatic rings. The number of hydrogen-bond acceptors (Lipinski definition) is 1. The van der Waals surface area contributed by atoms with Crippen molar-refractivity contribution in [3.05, 3.63) is 0 Å². The van der Waals surface area contributed by atoms with Crippen LogP contribution in [0.1, 0.15) is 29.7 Å². The van der Waals surface area contributed by atoms with Crippen LogP contribution >= 0.6 is 0 Å². The Hall–Kier alpha value is 0.155. The number of hydrogen-bond donors (Lipinski definition) is 0. The first-order valence-corrected chi connectivity index (χ1v) is 1.84. The Morgan fingerprint density at radius 3 is 0.727 bits per heavy atom. The molecule has 0 aliphatic heterocycles. The molecule has 0 saturated heterocycles. The second kappa shape index (κ2) is 85.5. The number of nitrogens with zero attached hydrogens (tertiary/aromatic N) is 1. The van der Waals surface area contributed by atoms with Crippen molar-refractivity contribution < 1.29 is 0 Å². The molecule has 0 aliphatic rings. The first-order valence-electron chi connectivity index (χ1n) is 1.84. The molecule has 0 heterocycles. The van der Waals surface area contributed by atoms with Crippen LogP contribution in [-0.4, -0.2) is 49.9 Å². The minimum atomic E-state index is 0. The van der Waals surface area contributed by atoms with Gasteiger partial charge in [-0.15, -0.1) is 0 Å². The molecule has 0 atom stereocenters. The van der Waals surface area contributed by atoms with E-state index < -0.39 is 0 Å². The molecule has 69 valence electrons. The van der Waals surface area contributed by atoms with Crippen molar-refractivity contribution in [3.63, 3.8) is 0 Å². The molecule has 0 amide bonds. The van der Waals surface area contributed by atoms with E-state index in [9.17, 15) is 0 Å². The fourth-order valence-electron chi connectivity index (χ4n) is 0. The van der Waals surface area contributed by atoms with Gasteiger partial charge in [0.25, 0.3) is 0 Å². The van der Waals surface area contributed by atoms with Gasteiger partial charge < -0.3 is 4.90 Å². The Morgan fingerprint density at radius 1 is 0.727 bits per heavy atom. The zero-order chi connectivity index (χ0) is 5.58. The van der Waals surface area contributed by atoms with Gasteiger partial charge in [0.05, 0.1) is 0 Å². The third kappa shape index (κ3) is 28200. The summed E-state index contributed by atoms with van der Waals surface area (Å²) in [5.41, 5.74) is 0. The summed E-state index contributed by atoms with van der Waals surface area (Å²) in [6, 6.07) is 0. The van der Waals surface area contributed by atoms with E-state index in [1.54, 1.807) is 0 Å². The summed E-state index contributed by atoms with van der Waals surface area (Å²) >= 11 is 0. The summed E-state index contributed by atoms with van der Waals surface area (Å²) in [6.45, 7) is 0. The highest BCUT2D eigenvalue weighted by atomic mass is 15.0. The largest absolute Gasteiger partial charge is 0.312 e. The Balaban J connectivity index is -0.00000000432. The third-order valence-electron chi connectivity index (χ3n) is 0. The predicted octanol–water partition coefficient (Wildman–Crippen LogP) is 1.04. The molecule has 1 nitrogen and oxygen atoms in total. The second-order valence-electron chi connectivity index (χ2n) is 1.34. The first kappa shape index (κ1) is 66.6. The van der Waals surface area contributed by atoms with Crippen molar-refractivity contribution in [2.75, 3.05) is 21.1 Å². The van der Waals surface area contributed by atoms with Gasteiger partial charge in [-0.2, -0.15) is 0 Å². The van der Waals surface area contributed by atoms with Crippen LogP contribution in [0.2, 0.25) is 0 Å². The Kier molecular flexibility index (Phi) is 518. The molecule has 4 heteroatoms. The highest BCUT2D eigenvalue weighted by Crippen LogP contribution is 1.47. The molecule has 0 N–H and O–H groups in total. The van der Waals surface area contributed by atoms with Crippen molar-refractivity contribution in [2.24, 2.45) is 0 Å². The van der Waals surface area contributed by atoms with Crippen LogP contribution < -0.4 is 0 Å². The summed E-state index contributed by atoms with van der Waals surface area (Å²) < 4.78 is 0. The molecule has 0 aromatic carbocycles. The molecular formula is C7H27B3N. The zero-order valence-electron chi connectivity index (χ0n) is 5.44. The van der Waals surface area contributed by atoms with Crippen molar-refractivity contribution in [1.82, 2.24) is 4.90 Å². The van der Waals surface area contributed by atoms with Crippen molar-refractivity contribution in [2.45, 2.75) is 29.7 Å². The Bertz CT molecular complexity index is 18.4. The van der Waals surface area contributed by atoms with Crippen molar-refractivity contribution in [3.8, 4) is 0 Å². The van der Waals surface area contributed by atoms with Crippen LogP contribution in [0.5, 0.6) is 0 Å². The summed E-state index contributed by atoms with van der Waals surface area (Å²) in [5.74, 6) is 0. The van der Waals surface area contributed by atoms with Gasteiger partial charge in [-0.05, 0) is 21.1 Å². The standard InChI is InChI=1S/C3H9N.4CH4.B2H2.B/c1-4(2)3;;;;;1-2;/h1-3H3;4*1H4;1-2H;. The van der Waals surface area contributed by atoms with Gasteiger partial charge in [0.2, 0.25) is 0 Å². The lowest BCUT2D eigenvalue weighted by Crippen LogP contribution is -1.99. The average molecular weight is 158 g/mol. The van der Waals surface area contributed by atoms with E-state index in [1.165, 1.54) is 0 Å². The van der Waals surface area contributed by atoms with Crippen LogP contribution in [0.3, 0.4) is 0 Å². The maximum Gasteiger partial charge on any atom is 0.0379 e. The topological polar surface area (TPSA) is 3.24 Å². The lowest BCUT2D eigenvalue weighted by atomic mass is 9.81. The lowest BCUT2D eigenvalue weighted by molar-refractivity contribution is 0.505. The SMILES string of the molecule is C.C.C.C.CN(C)C.[BH][BH].[B]. The summed E-state index contributed by atoms with van der Waals surface area (Å²) in [5, 5.41) is 0. The molecule has 0 aromatic heterocycles. The molecule has 0 aliphatic carbocycles. The second-order valence-corrected chi connectivity index (χ2v) is 1.34. The number of rotatable bonds is 0.